The summed E-state index contributed by atoms with van der Waals surface area (Å²) in [5.41, 5.74) is 2.46. The molecule has 0 saturated heterocycles. The van der Waals surface area contributed by atoms with Crippen LogP contribution >= 0.6 is 11.8 Å². The molecule has 1 unspecified atom stereocenters. The van der Waals surface area contributed by atoms with Gasteiger partial charge in [-0.25, -0.2) is 8.78 Å². The van der Waals surface area contributed by atoms with Crippen LogP contribution in [-0.2, 0) is 5.41 Å². The van der Waals surface area contributed by atoms with Crippen LogP contribution in [0.15, 0.2) is 47.5 Å². The highest BCUT2D eigenvalue weighted by Crippen LogP contribution is 2.34. The molecule has 4 heteroatoms. The second-order valence-corrected chi connectivity index (χ2v) is 8.14. The zero-order valence-corrected chi connectivity index (χ0v) is 15.0. The normalized spacial score (nSPS) is 18.4. The highest BCUT2D eigenvalue weighted by Gasteiger charge is 2.23. The maximum Gasteiger partial charge on any atom is 0.136 e. The number of hydrogen-bond donors (Lipinski definition) is 0. The summed E-state index contributed by atoms with van der Waals surface area (Å²) in [7, 11) is 0. The lowest BCUT2D eigenvalue weighted by atomic mass is 9.86. The summed E-state index contributed by atoms with van der Waals surface area (Å²) in [5.74, 6) is -0.298. The summed E-state index contributed by atoms with van der Waals surface area (Å²) >= 11 is 1.42. The van der Waals surface area contributed by atoms with Crippen molar-refractivity contribution in [2.24, 2.45) is 4.99 Å². The van der Waals surface area contributed by atoms with Crippen LogP contribution in [0, 0.1) is 11.6 Å². The average molecular weight is 345 g/mol. The van der Waals surface area contributed by atoms with Crippen molar-refractivity contribution in [2.45, 2.75) is 38.6 Å². The fourth-order valence-corrected chi connectivity index (χ4v) is 3.87. The Morgan fingerprint density at radius 2 is 1.62 bits per heavy atom. The summed E-state index contributed by atoms with van der Waals surface area (Å²) < 4.78 is 28.0. The Kier molecular flexibility index (Phi) is 4.77. The number of nitrogens with zero attached hydrogens (tertiary/aromatic N) is 1. The molecule has 0 N–H and O–H groups in total. The molecule has 1 heterocycles. The van der Waals surface area contributed by atoms with E-state index in [9.17, 15) is 8.78 Å². The molecule has 1 atom stereocenters. The van der Waals surface area contributed by atoms with Crippen LogP contribution in [0.25, 0.3) is 0 Å². The van der Waals surface area contributed by atoms with Crippen LogP contribution in [0.3, 0.4) is 0 Å². The zero-order chi connectivity index (χ0) is 17.3. The van der Waals surface area contributed by atoms with E-state index in [1.165, 1.54) is 35.5 Å². The molecule has 3 rings (SSSR count). The minimum Gasteiger partial charge on any atom is -0.269 e. The van der Waals surface area contributed by atoms with Crippen molar-refractivity contribution in [3.8, 4) is 0 Å². The zero-order valence-electron chi connectivity index (χ0n) is 14.1. The summed E-state index contributed by atoms with van der Waals surface area (Å²) in [6, 6.07) is 12.3. The average Bonchev–Trinajstić information content (AvgIpc) is 2.54. The summed E-state index contributed by atoms with van der Waals surface area (Å²) in [6.07, 6.45) is 0.874. The summed E-state index contributed by atoms with van der Waals surface area (Å²) in [4.78, 5) is 4.64. The third-order valence-electron chi connectivity index (χ3n) is 4.24. The number of benzene rings is 2. The van der Waals surface area contributed by atoms with Crippen molar-refractivity contribution in [1.82, 2.24) is 0 Å². The Bertz CT molecular complexity index is 740. The Morgan fingerprint density at radius 3 is 2.21 bits per heavy atom. The standard InChI is InChI=1S/C20H21F2NS/c1-20(2,3)14-9-7-13(8-10-14)17-11-12-24-19(23-17)18-15(21)5-4-6-16(18)22/h4-10,17H,11-12H2,1-3H3. The van der Waals surface area contributed by atoms with Crippen molar-refractivity contribution in [3.63, 3.8) is 0 Å². The van der Waals surface area contributed by atoms with Gasteiger partial charge in [0, 0.05) is 5.75 Å². The van der Waals surface area contributed by atoms with Crippen LogP contribution < -0.4 is 0 Å². The predicted molar refractivity (Wildman–Crippen MR) is 97.9 cm³/mol. The Hall–Kier alpha value is -1.68. The molecule has 0 amide bonds. The van der Waals surface area contributed by atoms with Gasteiger partial charge in [-0.05, 0) is 35.1 Å². The molecule has 0 bridgehead atoms. The molecule has 2 aromatic rings. The molecule has 126 valence electrons. The van der Waals surface area contributed by atoms with Gasteiger partial charge < -0.3 is 0 Å². The molecule has 24 heavy (non-hydrogen) atoms. The lowest BCUT2D eigenvalue weighted by Crippen LogP contribution is -2.14. The largest absolute Gasteiger partial charge is 0.269 e. The Morgan fingerprint density at radius 1 is 1.00 bits per heavy atom. The van der Waals surface area contributed by atoms with Gasteiger partial charge in [0.25, 0.3) is 0 Å². The smallest absolute Gasteiger partial charge is 0.136 e. The van der Waals surface area contributed by atoms with Crippen LogP contribution in [0.4, 0.5) is 8.78 Å². The maximum absolute atomic E-state index is 14.0. The number of thioether (sulfide) groups is 1. The predicted octanol–water partition coefficient (Wildman–Crippen LogP) is 5.89. The molecule has 0 spiro atoms. The number of hydrogen-bond acceptors (Lipinski definition) is 2. The Labute approximate surface area is 146 Å². The molecular formula is C20H21F2NS. The van der Waals surface area contributed by atoms with E-state index >= 15 is 0 Å². The minimum absolute atomic E-state index is 0.00138. The van der Waals surface area contributed by atoms with Gasteiger partial charge in [0.2, 0.25) is 0 Å². The fourth-order valence-electron chi connectivity index (χ4n) is 2.80. The molecular weight excluding hydrogens is 324 g/mol. The monoisotopic (exact) mass is 345 g/mol. The van der Waals surface area contributed by atoms with E-state index in [4.69, 9.17) is 0 Å². The second-order valence-electron chi connectivity index (χ2n) is 7.06. The first kappa shape index (κ1) is 17.2. The number of rotatable bonds is 2. The van der Waals surface area contributed by atoms with Crippen LogP contribution in [0.5, 0.6) is 0 Å². The van der Waals surface area contributed by atoms with Crippen molar-refractivity contribution in [2.75, 3.05) is 5.75 Å². The van der Waals surface area contributed by atoms with Gasteiger partial charge in [-0.2, -0.15) is 0 Å². The van der Waals surface area contributed by atoms with E-state index in [-0.39, 0.29) is 17.0 Å². The molecule has 0 aromatic heterocycles. The van der Waals surface area contributed by atoms with Gasteiger partial charge in [0.1, 0.15) is 16.7 Å². The highest BCUT2D eigenvalue weighted by molar-refractivity contribution is 8.14. The molecule has 1 aliphatic rings. The van der Waals surface area contributed by atoms with E-state index in [1.807, 2.05) is 0 Å². The molecule has 0 aliphatic carbocycles. The molecule has 0 fully saturated rings. The molecule has 0 saturated carbocycles. The SMILES string of the molecule is CC(C)(C)c1ccc(C2CCSC(c3c(F)cccc3F)=N2)cc1. The van der Waals surface area contributed by atoms with Crippen molar-refractivity contribution in [3.05, 3.63) is 70.8 Å². The van der Waals surface area contributed by atoms with E-state index in [2.05, 4.69) is 50.0 Å². The summed E-state index contributed by atoms with van der Waals surface area (Å²) in [6.45, 7) is 6.53. The van der Waals surface area contributed by atoms with Gasteiger partial charge in [-0.3, -0.25) is 4.99 Å². The molecule has 0 radical (unpaired) electrons. The van der Waals surface area contributed by atoms with Gasteiger partial charge in [-0.15, -0.1) is 11.8 Å². The Balaban J connectivity index is 1.92. The maximum atomic E-state index is 14.0. The van der Waals surface area contributed by atoms with E-state index in [1.54, 1.807) is 0 Å². The quantitative estimate of drug-likeness (QED) is 0.661. The van der Waals surface area contributed by atoms with E-state index in [0.29, 0.717) is 5.04 Å². The molecule has 2 aromatic carbocycles. The number of aliphatic imine (C=N–C) groups is 1. The summed E-state index contributed by atoms with van der Waals surface area (Å²) in [5, 5.41) is 0.460. The highest BCUT2D eigenvalue weighted by atomic mass is 32.2. The van der Waals surface area contributed by atoms with E-state index < -0.39 is 11.6 Å². The first-order valence-electron chi connectivity index (χ1n) is 8.11. The van der Waals surface area contributed by atoms with Crippen LogP contribution in [0.2, 0.25) is 0 Å². The van der Waals surface area contributed by atoms with Gasteiger partial charge in [0.05, 0.1) is 11.6 Å². The molecule has 1 nitrogen and oxygen atoms in total. The molecule has 1 aliphatic heterocycles. The first-order chi connectivity index (χ1) is 11.4. The van der Waals surface area contributed by atoms with Gasteiger partial charge >= 0.3 is 0 Å². The van der Waals surface area contributed by atoms with Crippen LogP contribution in [-0.4, -0.2) is 10.8 Å². The second kappa shape index (κ2) is 6.67. The van der Waals surface area contributed by atoms with Crippen molar-refractivity contribution < 1.29 is 8.78 Å². The first-order valence-corrected chi connectivity index (χ1v) is 9.10. The van der Waals surface area contributed by atoms with Crippen molar-refractivity contribution >= 4 is 16.8 Å². The topological polar surface area (TPSA) is 12.4 Å². The third-order valence-corrected chi connectivity index (χ3v) is 5.26. The third kappa shape index (κ3) is 3.54. The minimum atomic E-state index is -0.551. The number of halogens is 2. The lowest BCUT2D eigenvalue weighted by molar-refractivity contribution is 0.578. The fraction of sp³-hybridized carbons (Fsp3) is 0.350. The van der Waals surface area contributed by atoms with E-state index in [0.717, 1.165) is 17.7 Å². The van der Waals surface area contributed by atoms with Gasteiger partial charge in [-0.1, -0.05) is 51.1 Å². The van der Waals surface area contributed by atoms with Crippen LogP contribution in [0.1, 0.15) is 49.9 Å². The van der Waals surface area contributed by atoms with Crippen molar-refractivity contribution in [1.29, 1.82) is 0 Å². The van der Waals surface area contributed by atoms with Gasteiger partial charge in [0.15, 0.2) is 0 Å². The lowest BCUT2D eigenvalue weighted by Gasteiger charge is -2.23.